The molecule has 1 amide bonds. The van der Waals surface area contributed by atoms with Gasteiger partial charge in [-0.3, -0.25) is 9.59 Å². The van der Waals surface area contributed by atoms with Crippen molar-refractivity contribution >= 4 is 23.1 Å². The molecule has 0 spiro atoms. The number of Topliss-reactive ketones (excluding diaryl/α,β-unsaturated/α-hetero) is 1. The van der Waals surface area contributed by atoms with Crippen molar-refractivity contribution in [2.45, 2.75) is 32.7 Å². The fraction of sp³-hybridized carbons (Fsp3) is 0.280. The van der Waals surface area contributed by atoms with Crippen molar-refractivity contribution < 1.29 is 14.3 Å². The van der Waals surface area contributed by atoms with Crippen LogP contribution in [-0.2, 0) is 11.3 Å². The van der Waals surface area contributed by atoms with Crippen LogP contribution in [0, 0.1) is 12.3 Å². The number of nitrogens with zero attached hydrogens (tertiary/aromatic N) is 2. The number of benzene rings is 2. The van der Waals surface area contributed by atoms with Crippen molar-refractivity contribution in [2.24, 2.45) is 5.41 Å². The Morgan fingerprint density at radius 1 is 1.06 bits per heavy atom. The molecule has 1 aliphatic rings. The van der Waals surface area contributed by atoms with E-state index in [-0.39, 0.29) is 18.1 Å². The van der Waals surface area contributed by atoms with Crippen molar-refractivity contribution in [3.05, 3.63) is 77.9 Å². The standard InChI is InChI=1S/C25H26N4O3/c1-17-11-21(32-2)7-8-22(17)29-20-5-3-18(4-6-20)13-28-24(31)25(9-10-25)12-23(30)19-14-26-16-27-15-19/h3-8,11,14-16,29H,9-10,12-13H2,1-2H3,(H,28,31). The Kier molecular flexibility index (Phi) is 6.16. The van der Waals surface area contributed by atoms with Gasteiger partial charge in [-0.25, -0.2) is 9.97 Å². The second-order valence-electron chi connectivity index (χ2n) is 8.19. The van der Waals surface area contributed by atoms with Gasteiger partial charge >= 0.3 is 0 Å². The lowest BCUT2D eigenvalue weighted by molar-refractivity contribution is -0.126. The Morgan fingerprint density at radius 3 is 2.41 bits per heavy atom. The molecule has 1 fully saturated rings. The molecule has 0 bridgehead atoms. The van der Waals surface area contributed by atoms with Gasteiger partial charge < -0.3 is 15.4 Å². The highest BCUT2D eigenvalue weighted by Crippen LogP contribution is 2.49. The van der Waals surface area contributed by atoms with E-state index < -0.39 is 5.41 Å². The molecular weight excluding hydrogens is 404 g/mol. The van der Waals surface area contributed by atoms with Crippen LogP contribution >= 0.6 is 0 Å². The zero-order valence-corrected chi connectivity index (χ0v) is 18.2. The van der Waals surface area contributed by atoms with Crippen molar-refractivity contribution in [1.82, 2.24) is 15.3 Å². The van der Waals surface area contributed by atoms with Gasteiger partial charge in [0, 0.05) is 36.7 Å². The van der Waals surface area contributed by atoms with Gasteiger partial charge in [-0.2, -0.15) is 0 Å². The molecule has 7 heteroatoms. The maximum Gasteiger partial charge on any atom is 0.226 e. The Morgan fingerprint density at radius 2 is 1.78 bits per heavy atom. The number of aryl methyl sites for hydroxylation is 1. The van der Waals surface area contributed by atoms with Crippen molar-refractivity contribution in [1.29, 1.82) is 0 Å². The minimum Gasteiger partial charge on any atom is -0.497 e. The summed E-state index contributed by atoms with van der Waals surface area (Å²) in [7, 11) is 1.65. The molecule has 0 atom stereocenters. The molecule has 0 unspecified atom stereocenters. The lowest BCUT2D eigenvalue weighted by Gasteiger charge is -2.15. The summed E-state index contributed by atoms with van der Waals surface area (Å²) in [6, 6.07) is 13.8. The van der Waals surface area contributed by atoms with Gasteiger partial charge in [0.2, 0.25) is 5.91 Å². The van der Waals surface area contributed by atoms with Crippen LogP contribution in [0.4, 0.5) is 11.4 Å². The molecule has 0 aliphatic heterocycles. The Hall–Kier alpha value is -3.74. The van der Waals surface area contributed by atoms with Gasteiger partial charge in [0.25, 0.3) is 0 Å². The summed E-state index contributed by atoms with van der Waals surface area (Å²) in [4.78, 5) is 33.0. The average molecular weight is 431 g/mol. The summed E-state index contributed by atoms with van der Waals surface area (Å²) < 4.78 is 5.25. The number of ether oxygens (including phenoxy) is 1. The fourth-order valence-electron chi connectivity index (χ4n) is 3.62. The largest absolute Gasteiger partial charge is 0.497 e. The highest BCUT2D eigenvalue weighted by atomic mass is 16.5. The molecular formula is C25H26N4O3. The molecule has 1 heterocycles. The van der Waals surface area contributed by atoms with Crippen LogP contribution in [0.1, 0.15) is 40.7 Å². The first-order valence-electron chi connectivity index (χ1n) is 10.6. The third-order valence-electron chi connectivity index (χ3n) is 5.84. The van der Waals surface area contributed by atoms with E-state index in [1.54, 1.807) is 7.11 Å². The van der Waals surface area contributed by atoms with Crippen LogP contribution in [-0.4, -0.2) is 28.8 Å². The first kappa shape index (κ1) is 21.5. The number of carbonyl (C=O) groups is 2. The van der Waals surface area contributed by atoms with Gasteiger partial charge in [-0.1, -0.05) is 12.1 Å². The average Bonchev–Trinajstić information content (AvgIpc) is 3.61. The second-order valence-corrected chi connectivity index (χ2v) is 8.19. The van der Waals surface area contributed by atoms with Crippen LogP contribution in [0.3, 0.4) is 0 Å². The summed E-state index contributed by atoms with van der Waals surface area (Å²) in [5.41, 5.74) is 3.90. The number of amides is 1. The van der Waals surface area contributed by atoms with E-state index in [1.807, 2.05) is 49.4 Å². The number of nitrogens with one attached hydrogen (secondary N) is 2. The Labute approximate surface area is 187 Å². The van der Waals surface area contributed by atoms with Crippen molar-refractivity contribution in [3.63, 3.8) is 0 Å². The van der Waals surface area contributed by atoms with E-state index in [9.17, 15) is 9.59 Å². The minimum absolute atomic E-state index is 0.0706. The van der Waals surface area contributed by atoms with Crippen LogP contribution in [0.15, 0.2) is 61.2 Å². The third-order valence-corrected chi connectivity index (χ3v) is 5.84. The predicted molar refractivity (Wildman–Crippen MR) is 122 cm³/mol. The molecule has 2 N–H and O–H groups in total. The van der Waals surface area contributed by atoms with E-state index in [0.29, 0.717) is 12.1 Å². The zero-order valence-electron chi connectivity index (χ0n) is 18.2. The highest BCUT2D eigenvalue weighted by molar-refractivity contribution is 6.00. The maximum absolute atomic E-state index is 12.7. The number of hydrogen-bond donors (Lipinski definition) is 2. The summed E-state index contributed by atoms with van der Waals surface area (Å²) in [6.45, 7) is 2.45. The summed E-state index contributed by atoms with van der Waals surface area (Å²) in [5, 5.41) is 6.39. The normalized spacial score (nSPS) is 13.8. The lowest BCUT2D eigenvalue weighted by Crippen LogP contribution is -2.33. The number of rotatable bonds is 9. The molecule has 1 aromatic heterocycles. The van der Waals surface area contributed by atoms with Crippen molar-refractivity contribution in [3.8, 4) is 5.75 Å². The van der Waals surface area contributed by atoms with Crippen molar-refractivity contribution in [2.75, 3.05) is 12.4 Å². The van der Waals surface area contributed by atoms with Gasteiger partial charge in [0.15, 0.2) is 5.78 Å². The predicted octanol–water partition coefficient (Wildman–Crippen LogP) is 4.21. The Balaban J connectivity index is 1.31. The molecule has 2 aromatic carbocycles. The summed E-state index contributed by atoms with van der Waals surface area (Å²) >= 11 is 0. The maximum atomic E-state index is 12.7. The number of carbonyl (C=O) groups excluding carboxylic acids is 2. The van der Waals surface area contributed by atoms with E-state index in [0.717, 1.165) is 41.1 Å². The Bertz CT molecular complexity index is 1110. The monoisotopic (exact) mass is 430 g/mol. The number of aromatic nitrogens is 2. The first-order valence-corrected chi connectivity index (χ1v) is 10.6. The molecule has 7 nitrogen and oxygen atoms in total. The molecule has 1 saturated carbocycles. The minimum atomic E-state index is -0.597. The van der Waals surface area contributed by atoms with Crippen LogP contribution in [0.25, 0.3) is 0 Å². The topological polar surface area (TPSA) is 93.2 Å². The number of anilines is 2. The highest BCUT2D eigenvalue weighted by Gasteiger charge is 2.50. The molecule has 3 aromatic rings. The quantitative estimate of drug-likeness (QED) is 0.494. The molecule has 164 valence electrons. The summed E-state index contributed by atoms with van der Waals surface area (Å²) in [5.74, 6) is 0.660. The van der Waals surface area contributed by atoms with E-state index >= 15 is 0 Å². The van der Waals surface area contributed by atoms with Crippen LogP contribution in [0.2, 0.25) is 0 Å². The van der Waals surface area contributed by atoms with Crippen LogP contribution < -0.4 is 15.4 Å². The van der Waals surface area contributed by atoms with Gasteiger partial charge in [0.05, 0.1) is 18.1 Å². The molecule has 32 heavy (non-hydrogen) atoms. The lowest BCUT2D eigenvalue weighted by atomic mass is 9.95. The fourth-order valence-corrected chi connectivity index (χ4v) is 3.62. The first-order chi connectivity index (χ1) is 15.5. The van der Waals surface area contributed by atoms with E-state index in [2.05, 4.69) is 20.6 Å². The second kappa shape index (κ2) is 9.18. The SMILES string of the molecule is COc1ccc(Nc2ccc(CNC(=O)C3(CC(=O)c4cncnc4)CC3)cc2)c(C)c1. The molecule has 0 radical (unpaired) electrons. The van der Waals surface area contributed by atoms with Crippen LogP contribution in [0.5, 0.6) is 5.75 Å². The van der Waals surface area contributed by atoms with Gasteiger partial charge in [-0.05, 0) is 61.2 Å². The number of ketones is 1. The number of methoxy groups -OCH3 is 1. The molecule has 0 saturated heterocycles. The third kappa shape index (κ3) is 4.94. The van der Waals surface area contributed by atoms with E-state index in [4.69, 9.17) is 4.74 Å². The number of hydrogen-bond acceptors (Lipinski definition) is 6. The molecule has 1 aliphatic carbocycles. The summed E-state index contributed by atoms with van der Waals surface area (Å²) in [6.07, 6.45) is 6.01. The smallest absolute Gasteiger partial charge is 0.226 e. The van der Waals surface area contributed by atoms with E-state index in [1.165, 1.54) is 18.7 Å². The van der Waals surface area contributed by atoms with Gasteiger partial charge in [0.1, 0.15) is 12.1 Å². The van der Waals surface area contributed by atoms with Gasteiger partial charge in [-0.15, -0.1) is 0 Å². The zero-order chi connectivity index (χ0) is 22.6. The molecule has 4 rings (SSSR count).